The zero-order valence-electron chi connectivity index (χ0n) is 31.2. The number of aromatic nitrogens is 3. The van der Waals surface area contributed by atoms with E-state index in [1.54, 1.807) is 48.4 Å². The molecule has 1 amide bonds. The number of likely N-dealkylation sites (tertiary alicyclic amines) is 1. The Balaban J connectivity index is 1.26. The fourth-order valence-electron chi connectivity index (χ4n) is 6.42. The predicted molar refractivity (Wildman–Crippen MR) is 205 cm³/mol. The van der Waals surface area contributed by atoms with Crippen molar-refractivity contribution >= 4 is 50.6 Å². The Morgan fingerprint density at radius 1 is 1.04 bits per heavy atom. The molecule has 2 unspecified atom stereocenters. The van der Waals surface area contributed by atoms with Crippen LogP contribution in [0.5, 0.6) is 0 Å². The van der Waals surface area contributed by atoms with Crippen LogP contribution in [-0.2, 0) is 20.4 Å². The zero-order chi connectivity index (χ0) is 38.5. The lowest BCUT2D eigenvalue weighted by molar-refractivity contribution is 0.0209. The summed E-state index contributed by atoms with van der Waals surface area (Å²) in [7, 11) is -2.57. The summed E-state index contributed by atoms with van der Waals surface area (Å²) in [6.07, 6.45) is 2.90. The van der Waals surface area contributed by atoms with Crippen molar-refractivity contribution in [3.63, 3.8) is 0 Å². The van der Waals surface area contributed by atoms with E-state index in [4.69, 9.17) is 14.7 Å². The number of fused-ring (bicyclic) bond motifs is 2. The third-order valence-electron chi connectivity index (χ3n) is 9.12. The van der Waals surface area contributed by atoms with Gasteiger partial charge in [-0.1, -0.05) is 33.8 Å². The summed E-state index contributed by atoms with van der Waals surface area (Å²) in [5.41, 5.74) is 0.604. The fourth-order valence-corrected chi connectivity index (χ4v) is 8.46. The molecule has 2 fully saturated rings. The number of rotatable bonds is 9. The molecule has 12 nitrogen and oxygen atoms in total. The predicted octanol–water partition coefficient (Wildman–Crippen LogP) is 7.78. The number of amides is 1. The van der Waals surface area contributed by atoms with Crippen LogP contribution in [0.25, 0.3) is 21.8 Å². The average molecular weight is 769 g/mol. The smallest absolute Gasteiger partial charge is 0.410 e. The number of piperazine rings is 1. The van der Waals surface area contributed by atoms with Crippen LogP contribution < -0.4 is 14.9 Å². The van der Waals surface area contributed by atoms with Gasteiger partial charge in [-0.2, -0.15) is 12.7 Å². The maximum absolute atomic E-state index is 16.1. The maximum atomic E-state index is 16.1. The lowest BCUT2D eigenvalue weighted by Crippen LogP contribution is -2.56. The Morgan fingerprint density at radius 3 is 2.36 bits per heavy atom. The normalized spacial score (nSPS) is 17.7. The second-order valence-electron chi connectivity index (χ2n) is 15.4. The molecule has 53 heavy (non-hydrogen) atoms. The number of anilines is 4. The molecule has 2 aromatic carbocycles. The minimum Gasteiger partial charge on any atom is -0.444 e. The van der Waals surface area contributed by atoms with E-state index in [-0.39, 0.29) is 47.3 Å². The van der Waals surface area contributed by atoms with Gasteiger partial charge in [0.25, 0.3) is 0 Å². The zero-order valence-corrected chi connectivity index (χ0v) is 32.8. The Hall–Kier alpha value is -4.41. The summed E-state index contributed by atoms with van der Waals surface area (Å²) < 4.78 is 66.4. The van der Waals surface area contributed by atoms with Crippen LogP contribution in [0.3, 0.4) is 0 Å². The topological polar surface area (TPSA) is 133 Å². The largest absolute Gasteiger partial charge is 0.444 e. The molecule has 2 bridgehead atoms. The molecule has 2 aliphatic rings. The number of hydrogen-bond donors (Lipinski definition) is 2. The van der Waals surface area contributed by atoms with Crippen LogP contribution in [-0.4, -0.2) is 83.0 Å². The first-order chi connectivity index (χ1) is 24.8. The van der Waals surface area contributed by atoms with Gasteiger partial charge in [0, 0.05) is 61.6 Å². The molecule has 6 rings (SSSR count). The summed E-state index contributed by atoms with van der Waals surface area (Å²) in [6.45, 7) is 14.3. The molecule has 2 aliphatic heterocycles. The number of carbonyl (C=O) groups excluding carboxylic acids is 1. The molecule has 4 heterocycles. The second-order valence-corrected chi connectivity index (χ2v) is 18.1. The van der Waals surface area contributed by atoms with E-state index >= 15 is 8.78 Å². The molecule has 2 atom stereocenters. The van der Waals surface area contributed by atoms with Gasteiger partial charge in [-0.05, 0) is 70.0 Å². The summed E-state index contributed by atoms with van der Waals surface area (Å²) in [5.74, 6) is -0.985. The number of ether oxygens (including phenoxy) is 1. The molecule has 0 spiro atoms. The Kier molecular flexibility index (Phi) is 10.4. The van der Waals surface area contributed by atoms with Gasteiger partial charge in [-0.3, -0.25) is 4.72 Å². The van der Waals surface area contributed by atoms with Gasteiger partial charge in [0.2, 0.25) is 5.95 Å². The van der Waals surface area contributed by atoms with E-state index < -0.39 is 27.4 Å². The number of carbonyl (C=O) groups is 1. The Bertz CT molecular complexity index is 2100. The number of benzene rings is 2. The van der Waals surface area contributed by atoms with Crippen LogP contribution in [0.15, 0.2) is 48.7 Å². The van der Waals surface area contributed by atoms with Crippen molar-refractivity contribution < 1.29 is 26.7 Å². The van der Waals surface area contributed by atoms with Crippen molar-refractivity contribution in [3.05, 3.63) is 65.3 Å². The summed E-state index contributed by atoms with van der Waals surface area (Å²) in [5, 5.41) is 3.83. The van der Waals surface area contributed by atoms with Crippen molar-refractivity contribution in [2.24, 2.45) is 0 Å². The standard InChI is InChI=1S/C37H46F2N8O4S2/c1-9-45(8)53(49,50)44-27-12-10-11-25(30(27)39)31-32(52-33(43-31)36(2,3)4)28-17-18-40-34(42-28)41-22-13-16-29(26(38)19-22)47-23-14-15-24(47)21-46(20-23)35(48)51-37(5,6)7/h10-13,16-19,23-24,44H,9,14-15,20-21H2,1-8H3,(H,40,41,42). The van der Waals surface area contributed by atoms with Crippen LogP contribution in [0.1, 0.15) is 66.3 Å². The van der Waals surface area contributed by atoms with E-state index in [0.717, 1.165) is 22.2 Å². The first-order valence-electron chi connectivity index (χ1n) is 17.5. The molecule has 0 saturated carbocycles. The lowest BCUT2D eigenvalue weighted by Gasteiger charge is -2.42. The molecule has 4 aromatic rings. The fraction of sp³-hybridized carbons (Fsp3) is 0.459. The second kappa shape index (κ2) is 14.4. The highest BCUT2D eigenvalue weighted by Crippen LogP contribution is 2.42. The SMILES string of the molecule is CCN(C)S(=O)(=O)Nc1cccc(-c2nc(C(C)(C)C)sc2-c2ccnc(Nc3ccc(N4C5CCC4CN(C(=O)OC(C)(C)C)C5)c(F)c3)n2)c1F. The molecule has 0 aliphatic carbocycles. The summed E-state index contributed by atoms with van der Waals surface area (Å²) in [6, 6.07) is 11.0. The minimum absolute atomic E-state index is 0.0235. The number of nitrogens with zero attached hydrogens (tertiary/aromatic N) is 6. The molecule has 2 aromatic heterocycles. The van der Waals surface area contributed by atoms with Crippen LogP contribution >= 0.6 is 11.3 Å². The van der Waals surface area contributed by atoms with E-state index in [0.29, 0.717) is 40.7 Å². The van der Waals surface area contributed by atoms with E-state index in [2.05, 4.69) is 19.9 Å². The Morgan fingerprint density at radius 2 is 1.74 bits per heavy atom. The van der Waals surface area contributed by atoms with Crippen molar-refractivity contribution in [2.45, 2.75) is 84.4 Å². The van der Waals surface area contributed by atoms with Crippen LogP contribution in [0.4, 0.5) is 36.6 Å². The number of nitrogens with one attached hydrogen (secondary N) is 2. The summed E-state index contributed by atoms with van der Waals surface area (Å²) >= 11 is 1.36. The van der Waals surface area contributed by atoms with Gasteiger partial charge < -0.3 is 19.9 Å². The third kappa shape index (κ3) is 8.24. The highest BCUT2D eigenvalue weighted by Gasteiger charge is 2.43. The van der Waals surface area contributed by atoms with Crippen molar-refractivity contribution in [1.82, 2.24) is 24.2 Å². The number of thiazole rings is 1. The van der Waals surface area contributed by atoms with Gasteiger partial charge in [0.15, 0.2) is 5.82 Å². The van der Waals surface area contributed by atoms with Gasteiger partial charge >= 0.3 is 16.3 Å². The van der Waals surface area contributed by atoms with Crippen molar-refractivity contribution in [2.75, 3.05) is 41.6 Å². The monoisotopic (exact) mass is 768 g/mol. The number of hydrogen-bond acceptors (Lipinski definition) is 10. The van der Waals surface area contributed by atoms with Gasteiger partial charge in [-0.25, -0.2) is 28.5 Å². The molecule has 284 valence electrons. The molecule has 0 radical (unpaired) electrons. The first kappa shape index (κ1) is 38.3. The lowest BCUT2D eigenvalue weighted by atomic mass is 9.98. The highest BCUT2D eigenvalue weighted by molar-refractivity contribution is 7.90. The van der Waals surface area contributed by atoms with Crippen molar-refractivity contribution in [1.29, 1.82) is 0 Å². The Labute approximate surface area is 313 Å². The highest BCUT2D eigenvalue weighted by atomic mass is 32.2. The molecular weight excluding hydrogens is 723 g/mol. The van der Waals surface area contributed by atoms with Crippen LogP contribution in [0, 0.1) is 11.6 Å². The van der Waals surface area contributed by atoms with E-state index in [1.807, 2.05) is 41.5 Å². The van der Waals surface area contributed by atoms with Gasteiger partial charge in [0.05, 0.1) is 32.6 Å². The molecule has 2 saturated heterocycles. The molecule has 16 heteroatoms. The van der Waals surface area contributed by atoms with Crippen molar-refractivity contribution in [3.8, 4) is 21.8 Å². The molecule has 2 N–H and O–H groups in total. The van der Waals surface area contributed by atoms with Gasteiger partial charge in [0.1, 0.15) is 11.4 Å². The third-order valence-corrected chi connectivity index (χ3v) is 12.2. The van der Waals surface area contributed by atoms with E-state index in [1.165, 1.54) is 30.5 Å². The average Bonchev–Trinajstić information content (AvgIpc) is 3.63. The van der Waals surface area contributed by atoms with Crippen LogP contribution in [0.2, 0.25) is 0 Å². The van der Waals surface area contributed by atoms with E-state index in [9.17, 15) is 13.2 Å². The maximum Gasteiger partial charge on any atom is 0.410 e. The number of halogens is 2. The van der Waals surface area contributed by atoms with Gasteiger partial charge in [-0.15, -0.1) is 11.3 Å². The first-order valence-corrected chi connectivity index (χ1v) is 19.8. The minimum atomic E-state index is -3.98. The molecular formula is C37H46F2N8O4S2. The summed E-state index contributed by atoms with van der Waals surface area (Å²) in [4.78, 5) is 31.0. The quantitative estimate of drug-likeness (QED) is 0.175.